The highest BCUT2D eigenvalue weighted by Crippen LogP contribution is 2.22. The van der Waals surface area contributed by atoms with Gasteiger partial charge in [-0.1, -0.05) is 0 Å². The fourth-order valence-electron chi connectivity index (χ4n) is 1.89. The first-order valence-corrected chi connectivity index (χ1v) is 7.13. The molecule has 2 aromatic rings. The van der Waals surface area contributed by atoms with Crippen LogP contribution in [-0.2, 0) is 5.60 Å². The molecule has 0 aliphatic carbocycles. The molecule has 20 heavy (non-hydrogen) atoms. The molecule has 0 aromatic carbocycles. The fraction of sp³-hybridized carbons (Fsp3) is 0.429. The monoisotopic (exact) mass is 294 g/mol. The zero-order valence-corrected chi connectivity index (χ0v) is 12.8. The van der Waals surface area contributed by atoms with Gasteiger partial charge in [0.05, 0.1) is 17.2 Å². The standard InChI is InChI=1S/C14H18N2O3S/c1-8-5-6-11(19-8)14(4,18)7-15-13(17)12-9(2)16-10(3)20-12/h5-6,18H,7H2,1-4H3,(H,15,17). The summed E-state index contributed by atoms with van der Waals surface area (Å²) in [5, 5.41) is 13.9. The number of carbonyl (C=O) groups is 1. The van der Waals surface area contributed by atoms with Crippen LogP contribution in [0.4, 0.5) is 0 Å². The maximum absolute atomic E-state index is 12.1. The number of aryl methyl sites for hydroxylation is 3. The zero-order valence-electron chi connectivity index (χ0n) is 12.0. The molecular formula is C14H18N2O3S. The van der Waals surface area contributed by atoms with E-state index >= 15 is 0 Å². The molecule has 2 N–H and O–H groups in total. The summed E-state index contributed by atoms with van der Waals surface area (Å²) in [7, 11) is 0. The normalized spacial score (nSPS) is 14.1. The minimum absolute atomic E-state index is 0.0785. The van der Waals surface area contributed by atoms with Crippen LogP contribution >= 0.6 is 11.3 Å². The molecule has 0 fully saturated rings. The van der Waals surface area contributed by atoms with E-state index < -0.39 is 5.60 Å². The molecule has 108 valence electrons. The van der Waals surface area contributed by atoms with Crippen LogP contribution in [0.25, 0.3) is 0 Å². The molecule has 2 aromatic heterocycles. The molecule has 0 bridgehead atoms. The second kappa shape index (κ2) is 5.38. The number of nitrogens with zero attached hydrogens (tertiary/aromatic N) is 1. The third-order valence-electron chi connectivity index (χ3n) is 2.97. The first kappa shape index (κ1) is 14.7. The Kier molecular flexibility index (Phi) is 3.96. The quantitative estimate of drug-likeness (QED) is 0.907. The number of aliphatic hydroxyl groups is 1. The summed E-state index contributed by atoms with van der Waals surface area (Å²) in [4.78, 5) is 16.9. The largest absolute Gasteiger partial charge is 0.463 e. The lowest BCUT2D eigenvalue weighted by Crippen LogP contribution is -2.38. The predicted molar refractivity (Wildman–Crippen MR) is 76.9 cm³/mol. The van der Waals surface area contributed by atoms with E-state index in [4.69, 9.17) is 4.42 Å². The Morgan fingerprint density at radius 2 is 2.15 bits per heavy atom. The molecule has 0 aliphatic heterocycles. The van der Waals surface area contributed by atoms with Crippen LogP contribution in [-0.4, -0.2) is 22.5 Å². The van der Waals surface area contributed by atoms with Gasteiger partial charge < -0.3 is 14.8 Å². The van der Waals surface area contributed by atoms with Gasteiger partial charge in [0.15, 0.2) is 0 Å². The van der Waals surface area contributed by atoms with Crippen LogP contribution in [0.1, 0.15) is 38.8 Å². The fourth-order valence-corrected chi connectivity index (χ4v) is 2.72. The third kappa shape index (κ3) is 3.08. The van der Waals surface area contributed by atoms with Crippen molar-refractivity contribution in [2.24, 2.45) is 0 Å². The summed E-state index contributed by atoms with van der Waals surface area (Å²) >= 11 is 1.34. The van der Waals surface area contributed by atoms with E-state index in [1.165, 1.54) is 11.3 Å². The molecule has 0 saturated heterocycles. The lowest BCUT2D eigenvalue weighted by atomic mass is 10.0. The summed E-state index contributed by atoms with van der Waals surface area (Å²) in [6.07, 6.45) is 0. The second-order valence-corrected chi connectivity index (χ2v) is 6.22. The van der Waals surface area contributed by atoms with Crippen molar-refractivity contribution in [3.05, 3.63) is 39.2 Å². The average molecular weight is 294 g/mol. The molecule has 6 heteroatoms. The average Bonchev–Trinajstić information content (AvgIpc) is 2.93. The van der Waals surface area contributed by atoms with Gasteiger partial charge in [-0.2, -0.15) is 0 Å². The lowest BCUT2D eigenvalue weighted by Gasteiger charge is -2.21. The van der Waals surface area contributed by atoms with Gasteiger partial charge in [0.1, 0.15) is 22.0 Å². The minimum Gasteiger partial charge on any atom is -0.463 e. The van der Waals surface area contributed by atoms with Gasteiger partial charge in [-0.05, 0) is 39.8 Å². The van der Waals surface area contributed by atoms with Crippen molar-refractivity contribution in [2.75, 3.05) is 6.54 Å². The van der Waals surface area contributed by atoms with Crippen LogP contribution in [0.15, 0.2) is 16.5 Å². The third-order valence-corrected chi connectivity index (χ3v) is 4.05. The summed E-state index contributed by atoms with van der Waals surface area (Å²) in [6, 6.07) is 3.49. The van der Waals surface area contributed by atoms with Gasteiger partial charge in [-0.15, -0.1) is 11.3 Å². The van der Waals surface area contributed by atoms with Crippen molar-refractivity contribution in [3.8, 4) is 0 Å². The van der Waals surface area contributed by atoms with Gasteiger partial charge >= 0.3 is 0 Å². The van der Waals surface area contributed by atoms with E-state index in [1.54, 1.807) is 26.0 Å². The zero-order chi connectivity index (χ0) is 14.9. The molecule has 2 rings (SSSR count). The highest BCUT2D eigenvalue weighted by Gasteiger charge is 2.28. The van der Waals surface area contributed by atoms with Crippen molar-refractivity contribution < 1.29 is 14.3 Å². The molecule has 5 nitrogen and oxygen atoms in total. The van der Waals surface area contributed by atoms with E-state index in [-0.39, 0.29) is 12.5 Å². The second-order valence-electron chi connectivity index (χ2n) is 5.01. The Hall–Kier alpha value is -1.66. The molecule has 2 heterocycles. The summed E-state index contributed by atoms with van der Waals surface area (Å²) in [5.41, 5.74) is -0.532. The van der Waals surface area contributed by atoms with Crippen molar-refractivity contribution >= 4 is 17.2 Å². The number of hydrogen-bond donors (Lipinski definition) is 2. The highest BCUT2D eigenvalue weighted by atomic mass is 32.1. The molecule has 0 aliphatic rings. The highest BCUT2D eigenvalue weighted by molar-refractivity contribution is 7.13. The van der Waals surface area contributed by atoms with Crippen molar-refractivity contribution in [1.82, 2.24) is 10.3 Å². The van der Waals surface area contributed by atoms with Gasteiger partial charge in [-0.25, -0.2) is 4.98 Å². The van der Waals surface area contributed by atoms with Gasteiger partial charge in [0.2, 0.25) is 0 Å². The van der Waals surface area contributed by atoms with Crippen LogP contribution < -0.4 is 5.32 Å². The molecule has 0 saturated carbocycles. The van der Waals surface area contributed by atoms with E-state index in [0.29, 0.717) is 16.3 Å². The number of nitrogens with one attached hydrogen (secondary N) is 1. The van der Waals surface area contributed by atoms with Crippen molar-refractivity contribution in [3.63, 3.8) is 0 Å². The Bertz CT molecular complexity index is 628. The van der Waals surface area contributed by atoms with E-state index in [2.05, 4.69) is 10.3 Å². The summed E-state index contributed by atoms with van der Waals surface area (Å²) in [5.74, 6) is 0.935. The Morgan fingerprint density at radius 3 is 2.65 bits per heavy atom. The molecule has 0 spiro atoms. The van der Waals surface area contributed by atoms with E-state index in [1.807, 2.05) is 13.8 Å². The molecule has 1 unspecified atom stereocenters. The number of furan rings is 1. The van der Waals surface area contributed by atoms with E-state index in [0.717, 1.165) is 10.8 Å². The number of rotatable bonds is 4. The van der Waals surface area contributed by atoms with Gasteiger partial charge in [0, 0.05) is 0 Å². The van der Waals surface area contributed by atoms with Crippen LogP contribution in [0.5, 0.6) is 0 Å². The molecule has 1 amide bonds. The first-order valence-electron chi connectivity index (χ1n) is 6.31. The SMILES string of the molecule is Cc1ccc(C(C)(O)CNC(=O)c2sc(C)nc2C)o1. The molecule has 0 radical (unpaired) electrons. The van der Waals surface area contributed by atoms with E-state index in [9.17, 15) is 9.90 Å². The van der Waals surface area contributed by atoms with Gasteiger partial charge in [0.25, 0.3) is 5.91 Å². The Balaban J connectivity index is 2.04. The van der Waals surface area contributed by atoms with Crippen molar-refractivity contribution in [1.29, 1.82) is 0 Å². The number of carbonyl (C=O) groups excluding carboxylic acids is 1. The molecular weight excluding hydrogens is 276 g/mol. The Morgan fingerprint density at radius 1 is 1.45 bits per heavy atom. The van der Waals surface area contributed by atoms with Crippen LogP contribution in [0, 0.1) is 20.8 Å². The van der Waals surface area contributed by atoms with Gasteiger partial charge in [-0.3, -0.25) is 4.79 Å². The maximum Gasteiger partial charge on any atom is 0.263 e. The predicted octanol–water partition coefficient (Wildman–Crippen LogP) is 2.30. The minimum atomic E-state index is -1.24. The summed E-state index contributed by atoms with van der Waals surface area (Å²) in [6.45, 7) is 7.15. The number of aromatic nitrogens is 1. The smallest absolute Gasteiger partial charge is 0.263 e. The number of amides is 1. The molecule has 1 atom stereocenters. The van der Waals surface area contributed by atoms with Crippen LogP contribution in [0.3, 0.4) is 0 Å². The first-order chi connectivity index (χ1) is 9.29. The number of thiazole rings is 1. The van der Waals surface area contributed by atoms with Crippen LogP contribution in [0.2, 0.25) is 0 Å². The number of hydrogen-bond acceptors (Lipinski definition) is 5. The topological polar surface area (TPSA) is 75.4 Å². The summed E-state index contributed by atoms with van der Waals surface area (Å²) < 4.78 is 5.40. The lowest BCUT2D eigenvalue weighted by molar-refractivity contribution is 0.0324. The Labute approximate surface area is 121 Å². The maximum atomic E-state index is 12.1. The van der Waals surface area contributed by atoms with Crippen molar-refractivity contribution in [2.45, 2.75) is 33.3 Å².